The lowest BCUT2D eigenvalue weighted by atomic mass is 10.1. The second kappa shape index (κ2) is 6.52. The van der Waals surface area contributed by atoms with Crippen molar-refractivity contribution >= 4 is 15.8 Å². The van der Waals surface area contributed by atoms with Gasteiger partial charge in [0.25, 0.3) is 0 Å². The fourth-order valence-electron chi connectivity index (χ4n) is 2.56. The first-order chi connectivity index (χ1) is 10.2. The zero-order valence-electron chi connectivity index (χ0n) is 13.6. The summed E-state index contributed by atoms with van der Waals surface area (Å²) in [5.74, 6) is 0.797. The maximum absolute atomic E-state index is 12.0. The Hall–Kier alpha value is -1.18. The van der Waals surface area contributed by atoms with E-state index in [1.165, 1.54) is 18.4 Å². The number of hydrogen-bond acceptors (Lipinski definition) is 5. The van der Waals surface area contributed by atoms with Crippen molar-refractivity contribution in [3.05, 3.63) is 23.9 Å². The van der Waals surface area contributed by atoms with Crippen LogP contribution in [0.1, 0.15) is 25.5 Å². The van der Waals surface area contributed by atoms with Gasteiger partial charge in [0, 0.05) is 38.8 Å². The molecule has 7 heteroatoms. The van der Waals surface area contributed by atoms with E-state index in [2.05, 4.69) is 18.8 Å². The van der Waals surface area contributed by atoms with Gasteiger partial charge in [-0.05, 0) is 18.1 Å². The Kier molecular flexibility index (Phi) is 5.09. The van der Waals surface area contributed by atoms with Crippen LogP contribution >= 0.6 is 0 Å². The third-order valence-electron chi connectivity index (χ3n) is 4.06. The number of aliphatic hydroxyl groups is 1. The van der Waals surface area contributed by atoms with Crippen LogP contribution in [0.4, 0.5) is 5.82 Å². The molecule has 0 unspecified atom stereocenters. The molecule has 0 aliphatic carbocycles. The molecule has 1 aromatic rings. The Morgan fingerprint density at radius 3 is 2.64 bits per heavy atom. The molecule has 0 bridgehead atoms. The van der Waals surface area contributed by atoms with Crippen LogP contribution < -0.4 is 4.90 Å². The molecule has 1 aliphatic heterocycles. The Bertz CT molecular complexity index is 616. The summed E-state index contributed by atoms with van der Waals surface area (Å²) in [5.41, 5.74) is 0.997. The molecule has 22 heavy (non-hydrogen) atoms. The first-order valence-electron chi connectivity index (χ1n) is 7.51. The van der Waals surface area contributed by atoms with Gasteiger partial charge in [-0.25, -0.2) is 17.7 Å². The summed E-state index contributed by atoms with van der Waals surface area (Å²) in [4.78, 5) is 6.57. The third kappa shape index (κ3) is 3.77. The summed E-state index contributed by atoms with van der Waals surface area (Å²) in [6.07, 6.45) is -0.653. The molecule has 0 spiro atoms. The van der Waals surface area contributed by atoms with Gasteiger partial charge in [0.2, 0.25) is 10.0 Å². The summed E-state index contributed by atoms with van der Waals surface area (Å²) >= 11 is 0. The highest BCUT2D eigenvalue weighted by molar-refractivity contribution is 7.89. The number of hydrogen-bond donors (Lipinski definition) is 1. The molecule has 6 nitrogen and oxygen atoms in total. The van der Waals surface area contributed by atoms with E-state index in [0.717, 1.165) is 11.5 Å². The molecule has 124 valence electrons. The Morgan fingerprint density at radius 2 is 2.05 bits per heavy atom. The number of aliphatic hydroxyl groups excluding tert-OH is 1. The van der Waals surface area contributed by atoms with E-state index in [4.69, 9.17) is 0 Å². The molecule has 0 radical (unpaired) electrons. The van der Waals surface area contributed by atoms with Crippen LogP contribution in [0.25, 0.3) is 0 Å². The molecule has 1 aliphatic rings. The number of β-amino-alcohol motifs (C(OH)–C–C–N with tert-alkyl or cyclic N) is 1. The highest BCUT2D eigenvalue weighted by atomic mass is 32.2. The van der Waals surface area contributed by atoms with Crippen LogP contribution in [0, 0.1) is 5.92 Å². The van der Waals surface area contributed by atoms with Gasteiger partial charge in [0.05, 0.1) is 11.9 Å². The quantitative estimate of drug-likeness (QED) is 0.869. The molecule has 1 aromatic heterocycles. The molecule has 1 fully saturated rings. The largest absolute Gasteiger partial charge is 0.391 e. The number of aromatic nitrogens is 1. The van der Waals surface area contributed by atoms with Crippen molar-refractivity contribution in [1.82, 2.24) is 9.29 Å². The SMILES string of the molecule is CC(C)c1cccc(N2C[C@@H](CS(=O)(=O)N(C)C)[C@H](O)C2)n1. The molecule has 2 rings (SSSR count). The van der Waals surface area contributed by atoms with E-state index in [9.17, 15) is 13.5 Å². The first kappa shape index (κ1) is 17.2. The number of nitrogens with zero attached hydrogens (tertiary/aromatic N) is 3. The maximum Gasteiger partial charge on any atom is 0.214 e. The fraction of sp³-hybridized carbons (Fsp3) is 0.667. The van der Waals surface area contributed by atoms with Crippen molar-refractivity contribution in [1.29, 1.82) is 0 Å². The first-order valence-corrected chi connectivity index (χ1v) is 9.12. The van der Waals surface area contributed by atoms with Crippen molar-refractivity contribution in [2.45, 2.75) is 25.9 Å². The summed E-state index contributed by atoms with van der Waals surface area (Å²) in [7, 11) is -0.284. The molecule has 1 saturated heterocycles. The Labute approximate surface area is 132 Å². The Morgan fingerprint density at radius 1 is 1.36 bits per heavy atom. The smallest absolute Gasteiger partial charge is 0.214 e. The molecule has 0 amide bonds. The van der Waals surface area contributed by atoms with Crippen molar-refractivity contribution in [2.24, 2.45) is 5.92 Å². The molecular weight excluding hydrogens is 302 g/mol. The standard InChI is InChI=1S/C15H25N3O3S/c1-11(2)13-6-5-7-15(16-13)18-8-12(14(19)9-18)10-22(20,21)17(3)4/h5-7,11-12,14,19H,8-10H2,1-4H3/t12-,14+/m0/s1. The molecule has 0 saturated carbocycles. The zero-order chi connectivity index (χ0) is 16.5. The summed E-state index contributed by atoms with van der Waals surface area (Å²) in [6.45, 7) is 5.08. The second-order valence-corrected chi connectivity index (χ2v) is 8.60. The number of pyridine rings is 1. The van der Waals surface area contributed by atoms with Crippen molar-refractivity contribution in [3.63, 3.8) is 0 Å². The topological polar surface area (TPSA) is 73.7 Å². The van der Waals surface area contributed by atoms with Crippen molar-refractivity contribution in [2.75, 3.05) is 37.8 Å². The van der Waals surface area contributed by atoms with Gasteiger partial charge in [0.15, 0.2) is 0 Å². The molecule has 0 aromatic carbocycles. The summed E-state index contributed by atoms with van der Waals surface area (Å²) < 4.78 is 25.2. The fourth-order valence-corrected chi connectivity index (χ4v) is 3.73. The van der Waals surface area contributed by atoms with E-state index < -0.39 is 16.1 Å². The molecule has 2 atom stereocenters. The number of rotatable bonds is 5. The van der Waals surface area contributed by atoms with Crippen molar-refractivity contribution < 1.29 is 13.5 Å². The van der Waals surface area contributed by atoms with Gasteiger partial charge in [-0.1, -0.05) is 19.9 Å². The van der Waals surface area contributed by atoms with Gasteiger partial charge in [-0.3, -0.25) is 0 Å². The lowest BCUT2D eigenvalue weighted by molar-refractivity contribution is 0.157. The van der Waals surface area contributed by atoms with E-state index in [1.807, 2.05) is 23.1 Å². The van der Waals surface area contributed by atoms with Crippen LogP contribution in [0.5, 0.6) is 0 Å². The normalized spacial score (nSPS) is 22.8. The lowest BCUT2D eigenvalue weighted by Gasteiger charge is -2.19. The Balaban J connectivity index is 2.12. The van der Waals surface area contributed by atoms with E-state index >= 15 is 0 Å². The van der Waals surface area contributed by atoms with Crippen LogP contribution in [-0.4, -0.2) is 61.9 Å². The maximum atomic E-state index is 12.0. The van der Waals surface area contributed by atoms with Crippen LogP contribution in [-0.2, 0) is 10.0 Å². The highest BCUT2D eigenvalue weighted by Gasteiger charge is 2.35. The lowest BCUT2D eigenvalue weighted by Crippen LogP contribution is -2.33. The van der Waals surface area contributed by atoms with Gasteiger partial charge in [-0.2, -0.15) is 0 Å². The van der Waals surface area contributed by atoms with Crippen LogP contribution in [0.3, 0.4) is 0 Å². The summed E-state index contributed by atoms with van der Waals surface area (Å²) in [5, 5.41) is 10.2. The number of sulfonamides is 1. The van der Waals surface area contributed by atoms with Gasteiger partial charge in [0.1, 0.15) is 5.82 Å². The van der Waals surface area contributed by atoms with E-state index in [-0.39, 0.29) is 11.7 Å². The zero-order valence-corrected chi connectivity index (χ0v) is 14.4. The minimum Gasteiger partial charge on any atom is -0.391 e. The van der Waals surface area contributed by atoms with E-state index in [1.54, 1.807) is 0 Å². The average molecular weight is 327 g/mol. The third-order valence-corrected chi connectivity index (χ3v) is 6.02. The minimum absolute atomic E-state index is 0.0401. The molecular formula is C15H25N3O3S. The molecule has 1 N–H and O–H groups in total. The molecule has 2 heterocycles. The van der Waals surface area contributed by atoms with Gasteiger partial charge in [-0.15, -0.1) is 0 Å². The summed E-state index contributed by atoms with van der Waals surface area (Å²) in [6, 6.07) is 5.84. The monoisotopic (exact) mass is 327 g/mol. The van der Waals surface area contributed by atoms with Gasteiger partial charge >= 0.3 is 0 Å². The van der Waals surface area contributed by atoms with Crippen LogP contribution in [0.2, 0.25) is 0 Å². The second-order valence-electron chi connectivity index (χ2n) is 6.37. The highest BCUT2D eigenvalue weighted by Crippen LogP contribution is 2.25. The van der Waals surface area contributed by atoms with E-state index in [0.29, 0.717) is 19.0 Å². The predicted molar refractivity (Wildman–Crippen MR) is 87.5 cm³/mol. The number of anilines is 1. The van der Waals surface area contributed by atoms with Crippen molar-refractivity contribution in [3.8, 4) is 0 Å². The minimum atomic E-state index is -3.32. The predicted octanol–water partition coefficient (Wildman–Crippen LogP) is 0.893. The average Bonchev–Trinajstić information content (AvgIpc) is 2.79. The van der Waals surface area contributed by atoms with Gasteiger partial charge < -0.3 is 10.0 Å². The van der Waals surface area contributed by atoms with Crippen LogP contribution in [0.15, 0.2) is 18.2 Å².